The Balaban J connectivity index is 2.53. The van der Waals surface area contributed by atoms with E-state index in [0.29, 0.717) is 8.08 Å². The van der Waals surface area contributed by atoms with Crippen molar-refractivity contribution in [3.8, 4) is 0 Å². The van der Waals surface area contributed by atoms with Gasteiger partial charge >= 0.3 is 0 Å². The molecule has 0 aliphatic heterocycles. The SMILES string of the molecule is CCCCCNPCl. The van der Waals surface area contributed by atoms with E-state index < -0.39 is 0 Å². The zero-order valence-corrected chi connectivity index (χ0v) is 6.96. The molecule has 0 saturated carbocycles. The van der Waals surface area contributed by atoms with E-state index in [1.807, 2.05) is 0 Å². The molecule has 0 radical (unpaired) electrons. The van der Waals surface area contributed by atoms with E-state index in [1.165, 1.54) is 19.3 Å². The maximum absolute atomic E-state index is 5.40. The molecule has 0 aromatic carbocycles. The maximum Gasteiger partial charge on any atom is 0.0450 e. The normalized spacial score (nSPS) is 11.2. The van der Waals surface area contributed by atoms with Gasteiger partial charge in [0.15, 0.2) is 0 Å². The van der Waals surface area contributed by atoms with Crippen molar-refractivity contribution in [1.82, 2.24) is 5.09 Å². The zero-order chi connectivity index (χ0) is 6.24. The van der Waals surface area contributed by atoms with Gasteiger partial charge in [-0.15, -0.1) is 0 Å². The maximum atomic E-state index is 5.40. The van der Waals surface area contributed by atoms with E-state index in [4.69, 9.17) is 11.2 Å². The number of unbranched alkanes of at least 4 members (excludes halogenated alkanes) is 2. The molecular weight excluding hydrogens is 140 g/mol. The van der Waals surface area contributed by atoms with Crippen LogP contribution in [0.15, 0.2) is 0 Å². The van der Waals surface area contributed by atoms with Gasteiger partial charge in [0.2, 0.25) is 0 Å². The first-order valence-electron chi connectivity index (χ1n) is 3.00. The molecule has 0 rings (SSSR count). The van der Waals surface area contributed by atoms with Crippen LogP contribution in [-0.4, -0.2) is 6.54 Å². The van der Waals surface area contributed by atoms with Crippen molar-refractivity contribution in [3.63, 3.8) is 0 Å². The van der Waals surface area contributed by atoms with E-state index in [1.54, 1.807) is 0 Å². The molecule has 50 valence electrons. The van der Waals surface area contributed by atoms with Gasteiger partial charge in [-0.25, -0.2) is 0 Å². The lowest BCUT2D eigenvalue weighted by atomic mass is 10.3. The number of rotatable bonds is 5. The lowest BCUT2D eigenvalue weighted by Crippen LogP contribution is -2.00. The topological polar surface area (TPSA) is 12.0 Å². The van der Waals surface area contributed by atoms with E-state index in [0.717, 1.165) is 6.54 Å². The highest BCUT2D eigenvalue weighted by atomic mass is 35.7. The lowest BCUT2D eigenvalue weighted by molar-refractivity contribution is 0.708. The van der Waals surface area contributed by atoms with Crippen molar-refractivity contribution in [2.75, 3.05) is 6.54 Å². The van der Waals surface area contributed by atoms with Gasteiger partial charge in [0.1, 0.15) is 0 Å². The first-order valence-corrected chi connectivity index (χ1v) is 5.01. The van der Waals surface area contributed by atoms with E-state index in [2.05, 4.69) is 12.0 Å². The summed E-state index contributed by atoms with van der Waals surface area (Å²) in [6.45, 7) is 3.28. The van der Waals surface area contributed by atoms with Crippen LogP contribution in [0.1, 0.15) is 26.2 Å². The fraction of sp³-hybridized carbons (Fsp3) is 1.00. The quantitative estimate of drug-likeness (QED) is 0.473. The smallest absolute Gasteiger partial charge is 0.0450 e. The van der Waals surface area contributed by atoms with Gasteiger partial charge in [-0.3, -0.25) is 5.09 Å². The Kier molecular flexibility index (Phi) is 8.33. The Morgan fingerprint density at radius 1 is 1.50 bits per heavy atom. The summed E-state index contributed by atoms with van der Waals surface area (Å²) >= 11 is 5.40. The van der Waals surface area contributed by atoms with Crippen LogP contribution in [0.25, 0.3) is 0 Å². The molecule has 1 N–H and O–H groups in total. The van der Waals surface area contributed by atoms with Crippen LogP contribution in [-0.2, 0) is 0 Å². The first-order chi connectivity index (χ1) is 3.91. The van der Waals surface area contributed by atoms with Crippen LogP contribution in [0.3, 0.4) is 0 Å². The molecule has 1 unspecified atom stereocenters. The van der Waals surface area contributed by atoms with E-state index in [-0.39, 0.29) is 0 Å². The highest BCUT2D eigenvalue weighted by Gasteiger charge is 1.82. The van der Waals surface area contributed by atoms with Crippen LogP contribution in [0.4, 0.5) is 0 Å². The van der Waals surface area contributed by atoms with Gasteiger partial charge in [-0.2, -0.15) is 0 Å². The van der Waals surface area contributed by atoms with Gasteiger partial charge in [-0.05, 0) is 13.0 Å². The Hall–Kier alpha value is 0.680. The van der Waals surface area contributed by atoms with Gasteiger partial charge < -0.3 is 0 Å². The van der Waals surface area contributed by atoms with Crippen LogP contribution < -0.4 is 5.09 Å². The molecule has 8 heavy (non-hydrogen) atoms. The summed E-state index contributed by atoms with van der Waals surface area (Å²) in [6.07, 6.45) is 3.86. The molecule has 0 bridgehead atoms. The molecule has 0 aliphatic rings. The summed E-state index contributed by atoms with van der Waals surface area (Å²) < 4.78 is 0. The van der Waals surface area contributed by atoms with E-state index >= 15 is 0 Å². The van der Waals surface area contributed by atoms with Gasteiger partial charge in [-0.1, -0.05) is 31.0 Å². The third kappa shape index (κ3) is 6.68. The summed E-state index contributed by atoms with van der Waals surface area (Å²) in [4.78, 5) is 0. The molecule has 0 spiro atoms. The third-order valence-corrected chi connectivity index (χ3v) is 1.76. The lowest BCUT2D eigenvalue weighted by Gasteiger charge is -1.95. The number of hydrogen-bond acceptors (Lipinski definition) is 1. The third-order valence-electron chi connectivity index (χ3n) is 0.972. The second-order valence-corrected chi connectivity index (χ2v) is 2.84. The molecule has 1 nitrogen and oxygen atoms in total. The monoisotopic (exact) mass is 153 g/mol. The molecule has 0 amide bonds. The molecule has 0 fully saturated rings. The molecule has 0 heterocycles. The second-order valence-electron chi connectivity index (χ2n) is 1.73. The molecule has 0 saturated heterocycles. The van der Waals surface area contributed by atoms with Crippen LogP contribution in [0, 0.1) is 0 Å². The summed E-state index contributed by atoms with van der Waals surface area (Å²) in [7, 11) is 0.391. The zero-order valence-electron chi connectivity index (χ0n) is 5.21. The number of halogens is 1. The van der Waals surface area contributed by atoms with Crippen molar-refractivity contribution < 1.29 is 0 Å². The minimum absolute atomic E-state index is 0.391. The summed E-state index contributed by atoms with van der Waals surface area (Å²) in [6, 6.07) is 0. The fourth-order valence-electron chi connectivity index (χ4n) is 0.511. The summed E-state index contributed by atoms with van der Waals surface area (Å²) in [5.74, 6) is 0. The predicted molar refractivity (Wildman–Crippen MR) is 41.7 cm³/mol. The Morgan fingerprint density at radius 2 is 2.25 bits per heavy atom. The largest absolute Gasteiger partial charge is 0.286 e. The average Bonchev–Trinajstić information content (AvgIpc) is 1.81. The highest BCUT2D eigenvalue weighted by Crippen LogP contribution is 2.07. The minimum Gasteiger partial charge on any atom is -0.286 e. The minimum atomic E-state index is 0.391. The fourth-order valence-corrected chi connectivity index (χ4v) is 1.07. The summed E-state index contributed by atoms with van der Waals surface area (Å²) in [5.41, 5.74) is 0. The van der Waals surface area contributed by atoms with Crippen molar-refractivity contribution in [1.29, 1.82) is 0 Å². The van der Waals surface area contributed by atoms with E-state index in [9.17, 15) is 0 Å². The predicted octanol–water partition coefficient (Wildman–Crippen LogP) is 2.51. The standard InChI is InChI=1S/C5H13ClNP/c1-2-3-4-5-7-8-6/h7-8H,2-5H2,1H3. The number of hydrogen-bond donors (Lipinski definition) is 1. The van der Waals surface area contributed by atoms with Crippen molar-refractivity contribution in [2.24, 2.45) is 0 Å². The molecule has 1 atom stereocenters. The van der Waals surface area contributed by atoms with Crippen molar-refractivity contribution >= 4 is 19.3 Å². The van der Waals surface area contributed by atoms with Gasteiger partial charge in [0, 0.05) is 8.08 Å². The average molecular weight is 154 g/mol. The molecule has 0 aliphatic carbocycles. The van der Waals surface area contributed by atoms with Crippen molar-refractivity contribution in [2.45, 2.75) is 26.2 Å². The molecule has 0 aromatic rings. The highest BCUT2D eigenvalue weighted by molar-refractivity contribution is 7.66. The number of nitrogens with one attached hydrogen (secondary N) is 1. The molecule has 0 aromatic heterocycles. The van der Waals surface area contributed by atoms with Crippen molar-refractivity contribution in [3.05, 3.63) is 0 Å². The first kappa shape index (κ1) is 8.68. The van der Waals surface area contributed by atoms with Gasteiger partial charge in [0.05, 0.1) is 0 Å². The van der Waals surface area contributed by atoms with Gasteiger partial charge in [0.25, 0.3) is 0 Å². The van der Waals surface area contributed by atoms with Crippen LogP contribution >= 0.6 is 19.3 Å². The summed E-state index contributed by atoms with van der Waals surface area (Å²) in [5, 5.41) is 3.08. The Bertz CT molecular complexity index is 37.4. The Morgan fingerprint density at radius 3 is 2.75 bits per heavy atom. The van der Waals surface area contributed by atoms with Crippen LogP contribution in [0.5, 0.6) is 0 Å². The van der Waals surface area contributed by atoms with Crippen LogP contribution in [0.2, 0.25) is 0 Å². The Labute approximate surface area is 57.8 Å². The second kappa shape index (κ2) is 7.68. The molecule has 3 heteroatoms. The molecular formula is C5H13ClNP.